The van der Waals surface area contributed by atoms with Crippen molar-refractivity contribution in [3.63, 3.8) is 0 Å². The summed E-state index contributed by atoms with van der Waals surface area (Å²) in [6, 6.07) is 5.25. The SMILES string of the molecule is Cc1c(F)ccc2c1ccn2C. The molecule has 0 bridgehead atoms. The molecule has 12 heavy (non-hydrogen) atoms. The molecule has 1 aromatic heterocycles. The molecule has 0 aliphatic rings. The normalized spacial score (nSPS) is 10.9. The van der Waals surface area contributed by atoms with Crippen molar-refractivity contribution in [3.8, 4) is 0 Å². The van der Waals surface area contributed by atoms with E-state index in [1.54, 1.807) is 13.0 Å². The number of hydrogen-bond acceptors (Lipinski definition) is 0. The lowest BCUT2D eigenvalue weighted by atomic mass is 10.1. The Bertz CT molecular complexity index is 429. The zero-order valence-corrected chi connectivity index (χ0v) is 7.13. The van der Waals surface area contributed by atoms with Gasteiger partial charge in [0.25, 0.3) is 0 Å². The van der Waals surface area contributed by atoms with Crippen molar-refractivity contribution >= 4 is 10.9 Å². The third-order valence-electron chi connectivity index (χ3n) is 2.27. The Kier molecular flexibility index (Phi) is 1.43. The summed E-state index contributed by atoms with van der Waals surface area (Å²) < 4.78 is 15.0. The van der Waals surface area contributed by atoms with E-state index in [9.17, 15) is 4.39 Å². The van der Waals surface area contributed by atoms with Crippen molar-refractivity contribution in [1.82, 2.24) is 4.57 Å². The lowest BCUT2D eigenvalue weighted by Gasteiger charge is -1.99. The van der Waals surface area contributed by atoms with Gasteiger partial charge in [-0.2, -0.15) is 0 Å². The second kappa shape index (κ2) is 2.34. The van der Waals surface area contributed by atoms with Crippen LogP contribution in [-0.4, -0.2) is 4.57 Å². The summed E-state index contributed by atoms with van der Waals surface area (Å²) in [6.07, 6.45) is 1.94. The summed E-state index contributed by atoms with van der Waals surface area (Å²) in [5, 5.41) is 0.998. The molecule has 0 atom stereocenters. The molecule has 0 saturated heterocycles. The van der Waals surface area contributed by atoms with Crippen LogP contribution in [-0.2, 0) is 7.05 Å². The molecule has 2 aromatic rings. The van der Waals surface area contributed by atoms with Gasteiger partial charge >= 0.3 is 0 Å². The van der Waals surface area contributed by atoms with Crippen molar-refractivity contribution < 1.29 is 4.39 Å². The van der Waals surface area contributed by atoms with Crippen molar-refractivity contribution in [2.45, 2.75) is 6.92 Å². The van der Waals surface area contributed by atoms with Gasteiger partial charge in [0.2, 0.25) is 0 Å². The Hall–Kier alpha value is -1.31. The van der Waals surface area contributed by atoms with E-state index in [4.69, 9.17) is 0 Å². The summed E-state index contributed by atoms with van der Waals surface area (Å²) in [5.41, 5.74) is 1.81. The predicted molar refractivity (Wildman–Crippen MR) is 47.6 cm³/mol. The maximum absolute atomic E-state index is 13.0. The van der Waals surface area contributed by atoms with Crippen LogP contribution in [0.1, 0.15) is 5.56 Å². The Morgan fingerprint density at radius 2 is 2.00 bits per heavy atom. The van der Waals surface area contributed by atoms with Crippen LogP contribution in [0, 0.1) is 12.7 Å². The smallest absolute Gasteiger partial charge is 0.126 e. The third-order valence-corrected chi connectivity index (χ3v) is 2.27. The largest absolute Gasteiger partial charge is 0.351 e. The predicted octanol–water partition coefficient (Wildman–Crippen LogP) is 2.63. The highest BCUT2D eigenvalue weighted by molar-refractivity contribution is 5.83. The van der Waals surface area contributed by atoms with Gasteiger partial charge in [-0.15, -0.1) is 0 Å². The lowest BCUT2D eigenvalue weighted by molar-refractivity contribution is 0.621. The molecule has 0 aliphatic heterocycles. The minimum Gasteiger partial charge on any atom is -0.351 e. The molecule has 1 aromatic carbocycles. The second-order valence-electron chi connectivity index (χ2n) is 3.03. The van der Waals surface area contributed by atoms with Gasteiger partial charge in [-0.25, -0.2) is 4.39 Å². The van der Waals surface area contributed by atoms with Crippen molar-refractivity contribution in [2.24, 2.45) is 7.05 Å². The molecule has 2 heteroatoms. The van der Waals surface area contributed by atoms with Gasteiger partial charge in [0.05, 0.1) is 0 Å². The van der Waals surface area contributed by atoms with Gasteiger partial charge < -0.3 is 4.57 Å². The standard InChI is InChI=1S/C10H10FN/c1-7-8-5-6-12(2)10(8)4-3-9(7)11/h3-6H,1-2H3. The molecule has 0 fully saturated rings. The highest BCUT2D eigenvalue weighted by Crippen LogP contribution is 2.20. The molecule has 0 spiro atoms. The molecule has 0 aliphatic carbocycles. The number of hydrogen-bond donors (Lipinski definition) is 0. The number of halogens is 1. The van der Waals surface area contributed by atoms with E-state index >= 15 is 0 Å². The third kappa shape index (κ3) is 0.843. The van der Waals surface area contributed by atoms with Crippen LogP contribution in [0.2, 0.25) is 0 Å². The van der Waals surface area contributed by atoms with E-state index in [1.165, 1.54) is 6.07 Å². The van der Waals surface area contributed by atoms with Gasteiger partial charge in [-0.1, -0.05) is 0 Å². The topological polar surface area (TPSA) is 4.93 Å². The van der Waals surface area contributed by atoms with E-state index in [-0.39, 0.29) is 5.82 Å². The zero-order chi connectivity index (χ0) is 8.72. The number of fused-ring (bicyclic) bond motifs is 1. The Morgan fingerprint density at radius 1 is 1.25 bits per heavy atom. The van der Waals surface area contributed by atoms with Crippen LogP contribution in [0.25, 0.3) is 10.9 Å². The fourth-order valence-electron chi connectivity index (χ4n) is 1.47. The Morgan fingerprint density at radius 3 is 2.75 bits per heavy atom. The van der Waals surface area contributed by atoms with Crippen LogP contribution in [0.4, 0.5) is 4.39 Å². The first-order chi connectivity index (χ1) is 5.70. The maximum Gasteiger partial charge on any atom is 0.126 e. The number of rotatable bonds is 0. The summed E-state index contributed by atoms with van der Waals surface area (Å²) in [7, 11) is 1.96. The van der Waals surface area contributed by atoms with Crippen LogP contribution in [0.5, 0.6) is 0 Å². The van der Waals surface area contributed by atoms with Gasteiger partial charge in [-0.05, 0) is 30.7 Å². The first-order valence-corrected chi connectivity index (χ1v) is 3.90. The minimum absolute atomic E-state index is 0.131. The number of nitrogens with zero attached hydrogens (tertiary/aromatic N) is 1. The zero-order valence-electron chi connectivity index (χ0n) is 7.13. The summed E-state index contributed by atoms with van der Waals surface area (Å²) >= 11 is 0. The highest BCUT2D eigenvalue weighted by Gasteiger charge is 2.04. The number of aryl methyl sites for hydroxylation is 2. The van der Waals surface area contributed by atoms with Crippen LogP contribution in [0.15, 0.2) is 24.4 Å². The van der Waals surface area contributed by atoms with Crippen LogP contribution < -0.4 is 0 Å². The summed E-state index contributed by atoms with van der Waals surface area (Å²) in [6.45, 7) is 1.80. The molecule has 0 unspecified atom stereocenters. The monoisotopic (exact) mass is 163 g/mol. The fourth-order valence-corrected chi connectivity index (χ4v) is 1.47. The first-order valence-electron chi connectivity index (χ1n) is 3.90. The average Bonchev–Trinajstić information content (AvgIpc) is 2.41. The molecular weight excluding hydrogens is 153 g/mol. The van der Waals surface area contributed by atoms with E-state index in [0.717, 1.165) is 16.5 Å². The van der Waals surface area contributed by atoms with Crippen molar-refractivity contribution in [3.05, 3.63) is 35.8 Å². The van der Waals surface area contributed by atoms with Gasteiger partial charge in [0.15, 0.2) is 0 Å². The second-order valence-corrected chi connectivity index (χ2v) is 3.03. The molecule has 1 nitrogen and oxygen atoms in total. The van der Waals surface area contributed by atoms with Gasteiger partial charge in [0.1, 0.15) is 5.82 Å². The van der Waals surface area contributed by atoms with Crippen molar-refractivity contribution in [2.75, 3.05) is 0 Å². The molecule has 62 valence electrons. The average molecular weight is 163 g/mol. The minimum atomic E-state index is -0.131. The molecule has 0 saturated carbocycles. The molecule has 0 amide bonds. The van der Waals surface area contributed by atoms with E-state index < -0.39 is 0 Å². The first kappa shape index (κ1) is 7.35. The lowest BCUT2D eigenvalue weighted by Crippen LogP contribution is -1.86. The Balaban J connectivity index is 2.93. The summed E-state index contributed by atoms with van der Waals surface area (Å²) in [4.78, 5) is 0. The Labute approximate surface area is 70.4 Å². The van der Waals surface area contributed by atoms with Crippen molar-refractivity contribution in [1.29, 1.82) is 0 Å². The molecule has 0 radical (unpaired) electrons. The maximum atomic E-state index is 13.0. The highest BCUT2D eigenvalue weighted by atomic mass is 19.1. The molecule has 0 N–H and O–H groups in total. The van der Waals surface area contributed by atoms with Gasteiger partial charge in [0, 0.05) is 24.1 Å². The van der Waals surface area contributed by atoms with E-state index in [2.05, 4.69) is 0 Å². The number of aromatic nitrogens is 1. The molecular formula is C10H10FN. The molecule has 1 heterocycles. The fraction of sp³-hybridized carbons (Fsp3) is 0.200. The van der Waals surface area contributed by atoms with E-state index in [0.29, 0.717) is 0 Å². The quantitative estimate of drug-likeness (QED) is 0.562. The van der Waals surface area contributed by atoms with Crippen LogP contribution >= 0.6 is 0 Å². The van der Waals surface area contributed by atoms with Crippen LogP contribution in [0.3, 0.4) is 0 Å². The number of benzene rings is 1. The van der Waals surface area contributed by atoms with E-state index in [1.807, 2.05) is 23.9 Å². The summed E-state index contributed by atoms with van der Waals surface area (Å²) in [5.74, 6) is -0.131. The van der Waals surface area contributed by atoms with Gasteiger partial charge in [-0.3, -0.25) is 0 Å². The molecule has 2 rings (SSSR count).